The Morgan fingerprint density at radius 2 is 1.85 bits per heavy atom. The van der Waals surface area contributed by atoms with E-state index >= 15 is 0 Å². The molecule has 144 valence electrons. The van der Waals surface area contributed by atoms with Crippen LogP contribution in [0.1, 0.15) is 12.5 Å². The van der Waals surface area contributed by atoms with Crippen molar-refractivity contribution in [2.45, 2.75) is 13.8 Å². The number of amides is 2. The van der Waals surface area contributed by atoms with Gasteiger partial charge in [0.1, 0.15) is 0 Å². The number of hydrogen-bond donors (Lipinski definition) is 1. The van der Waals surface area contributed by atoms with Gasteiger partial charge >= 0.3 is 0 Å². The van der Waals surface area contributed by atoms with Crippen molar-refractivity contribution in [1.82, 2.24) is 5.32 Å². The maximum Gasteiger partial charge on any atom is 0.258 e. The number of nitrogens with zero attached hydrogens (tertiary/aromatic N) is 1. The second-order valence-corrected chi connectivity index (χ2v) is 6.33. The second kappa shape index (κ2) is 9.83. The molecule has 2 aromatic carbocycles. The number of methoxy groups -OCH3 is 1. The van der Waals surface area contributed by atoms with E-state index in [4.69, 9.17) is 21.1 Å². The molecule has 0 bridgehead atoms. The van der Waals surface area contributed by atoms with E-state index in [1.54, 1.807) is 41.3 Å². The van der Waals surface area contributed by atoms with Crippen LogP contribution in [-0.2, 0) is 9.59 Å². The Bertz CT molecular complexity index is 810. The van der Waals surface area contributed by atoms with Gasteiger partial charge in [-0.05, 0) is 42.8 Å². The number of carbonyl (C=O) groups is 2. The van der Waals surface area contributed by atoms with Crippen LogP contribution in [0.3, 0.4) is 0 Å². The molecule has 0 fully saturated rings. The zero-order valence-electron chi connectivity index (χ0n) is 15.6. The van der Waals surface area contributed by atoms with Crippen LogP contribution in [0.5, 0.6) is 11.5 Å². The van der Waals surface area contributed by atoms with E-state index < -0.39 is 0 Å². The maximum absolute atomic E-state index is 12.0. The number of anilines is 1. The summed E-state index contributed by atoms with van der Waals surface area (Å²) in [5.41, 5.74) is 1.66. The van der Waals surface area contributed by atoms with Crippen LogP contribution in [0.2, 0.25) is 5.02 Å². The SMILES string of the molecule is COc1ccccc1OCC(=O)NCCN(C(C)=O)c1ccc(Cl)cc1C. The van der Waals surface area contributed by atoms with Gasteiger partial charge in [0, 0.05) is 30.7 Å². The molecule has 2 amide bonds. The van der Waals surface area contributed by atoms with Gasteiger partial charge in [0.15, 0.2) is 18.1 Å². The Hall–Kier alpha value is -2.73. The van der Waals surface area contributed by atoms with Crippen LogP contribution in [0.25, 0.3) is 0 Å². The zero-order chi connectivity index (χ0) is 19.8. The molecule has 0 spiro atoms. The van der Waals surface area contributed by atoms with E-state index in [9.17, 15) is 9.59 Å². The maximum atomic E-state index is 12.0. The molecular weight excluding hydrogens is 368 g/mol. The van der Waals surface area contributed by atoms with E-state index in [1.165, 1.54) is 14.0 Å². The number of ether oxygens (including phenoxy) is 2. The van der Waals surface area contributed by atoms with E-state index in [0.717, 1.165) is 11.3 Å². The number of nitrogens with one attached hydrogen (secondary N) is 1. The Kier molecular flexibility index (Phi) is 7.49. The highest BCUT2D eigenvalue weighted by Crippen LogP contribution is 2.25. The largest absolute Gasteiger partial charge is 0.493 e. The average molecular weight is 391 g/mol. The van der Waals surface area contributed by atoms with Gasteiger partial charge in [-0.1, -0.05) is 23.7 Å². The summed E-state index contributed by atoms with van der Waals surface area (Å²) < 4.78 is 10.7. The molecule has 0 aliphatic carbocycles. The van der Waals surface area contributed by atoms with Gasteiger partial charge in [-0.3, -0.25) is 9.59 Å². The molecule has 0 saturated heterocycles. The second-order valence-electron chi connectivity index (χ2n) is 5.89. The lowest BCUT2D eigenvalue weighted by molar-refractivity contribution is -0.123. The van der Waals surface area contributed by atoms with Crippen molar-refractivity contribution >= 4 is 29.1 Å². The molecule has 7 heteroatoms. The lowest BCUT2D eigenvalue weighted by Crippen LogP contribution is -2.39. The molecular formula is C20H23ClN2O4. The van der Waals surface area contributed by atoms with Gasteiger partial charge in [0.25, 0.3) is 5.91 Å². The van der Waals surface area contributed by atoms with Crippen molar-refractivity contribution in [2.24, 2.45) is 0 Å². The fourth-order valence-corrected chi connectivity index (χ4v) is 2.84. The van der Waals surface area contributed by atoms with Gasteiger partial charge in [0.05, 0.1) is 7.11 Å². The molecule has 27 heavy (non-hydrogen) atoms. The topological polar surface area (TPSA) is 67.9 Å². The van der Waals surface area contributed by atoms with Crippen molar-refractivity contribution in [3.8, 4) is 11.5 Å². The van der Waals surface area contributed by atoms with Crippen molar-refractivity contribution < 1.29 is 19.1 Å². The summed E-state index contributed by atoms with van der Waals surface area (Å²) >= 11 is 5.97. The molecule has 2 aromatic rings. The number of para-hydroxylation sites is 2. The van der Waals surface area contributed by atoms with Gasteiger partial charge in [0.2, 0.25) is 5.91 Å². The van der Waals surface area contributed by atoms with E-state index in [-0.39, 0.29) is 18.4 Å². The standard InChI is InChI=1S/C20H23ClN2O4/c1-14-12-16(21)8-9-17(14)23(15(2)24)11-10-22-20(25)13-27-19-7-5-4-6-18(19)26-3/h4-9,12H,10-11,13H2,1-3H3,(H,22,25). The van der Waals surface area contributed by atoms with E-state index in [2.05, 4.69) is 5.32 Å². The fourth-order valence-electron chi connectivity index (χ4n) is 2.61. The zero-order valence-corrected chi connectivity index (χ0v) is 16.4. The number of halogens is 1. The van der Waals surface area contributed by atoms with Crippen molar-refractivity contribution in [1.29, 1.82) is 0 Å². The first-order chi connectivity index (χ1) is 12.9. The summed E-state index contributed by atoms with van der Waals surface area (Å²) in [5.74, 6) is 0.667. The monoisotopic (exact) mass is 390 g/mol. The third-order valence-corrected chi connectivity index (χ3v) is 4.15. The van der Waals surface area contributed by atoms with Crippen LogP contribution < -0.4 is 19.7 Å². The first kappa shape index (κ1) is 20.6. The molecule has 0 unspecified atom stereocenters. The van der Waals surface area contributed by atoms with Crippen LogP contribution in [0.4, 0.5) is 5.69 Å². The first-order valence-electron chi connectivity index (χ1n) is 8.49. The minimum atomic E-state index is -0.280. The quantitative estimate of drug-likeness (QED) is 0.751. The lowest BCUT2D eigenvalue weighted by atomic mass is 10.2. The van der Waals surface area contributed by atoms with Crippen LogP contribution in [0.15, 0.2) is 42.5 Å². The molecule has 0 radical (unpaired) electrons. The van der Waals surface area contributed by atoms with Gasteiger partial charge in [-0.2, -0.15) is 0 Å². The third kappa shape index (κ3) is 5.89. The Morgan fingerprint density at radius 3 is 2.48 bits per heavy atom. The Balaban J connectivity index is 1.87. The molecule has 2 rings (SSSR count). The summed E-state index contributed by atoms with van der Waals surface area (Å²) in [7, 11) is 1.54. The number of benzene rings is 2. The fraction of sp³-hybridized carbons (Fsp3) is 0.300. The van der Waals surface area contributed by atoms with Crippen molar-refractivity contribution in [3.63, 3.8) is 0 Å². The smallest absolute Gasteiger partial charge is 0.258 e. The highest BCUT2D eigenvalue weighted by molar-refractivity contribution is 6.30. The van der Waals surface area contributed by atoms with Crippen LogP contribution >= 0.6 is 11.6 Å². The van der Waals surface area contributed by atoms with Crippen LogP contribution in [-0.4, -0.2) is 38.6 Å². The number of rotatable bonds is 8. The predicted molar refractivity (Wildman–Crippen MR) is 106 cm³/mol. The highest BCUT2D eigenvalue weighted by Gasteiger charge is 2.14. The molecule has 0 saturated carbocycles. The summed E-state index contributed by atoms with van der Waals surface area (Å²) in [6, 6.07) is 12.4. The number of hydrogen-bond acceptors (Lipinski definition) is 4. The summed E-state index contributed by atoms with van der Waals surface area (Å²) in [5, 5.41) is 3.36. The van der Waals surface area contributed by atoms with Gasteiger partial charge < -0.3 is 19.7 Å². The van der Waals surface area contributed by atoms with Gasteiger partial charge in [-0.15, -0.1) is 0 Å². The predicted octanol–water partition coefficient (Wildman–Crippen LogP) is 3.21. The van der Waals surface area contributed by atoms with E-state index in [0.29, 0.717) is 29.6 Å². The highest BCUT2D eigenvalue weighted by atomic mass is 35.5. The Morgan fingerprint density at radius 1 is 1.15 bits per heavy atom. The summed E-state index contributed by atoms with van der Waals surface area (Å²) in [6.07, 6.45) is 0. The van der Waals surface area contributed by atoms with Gasteiger partial charge in [-0.25, -0.2) is 0 Å². The molecule has 0 aliphatic heterocycles. The molecule has 0 heterocycles. The Labute approximate surface area is 164 Å². The van der Waals surface area contributed by atoms with E-state index in [1.807, 2.05) is 13.0 Å². The average Bonchev–Trinajstić information content (AvgIpc) is 2.64. The third-order valence-electron chi connectivity index (χ3n) is 3.92. The van der Waals surface area contributed by atoms with Crippen molar-refractivity contribution in [2.75, 3.05) is 31.7 Å². The lowest BCUT2D eigenvalue weighted by Gasteiger charge is -2.23. The molecule has 0 atom stereocenters. The normalized spacial score (nSPS) is 10.2. The van der Waals surface area contributed by atoms with Crippen molar-refractivity contribution in [3.05, 3.63) is 53.1 Å². The minimum absolute atomic E-state index is 0.111. The minimum Gasteiger partial charge on any atom is -0.493 e. The molecule has 0 aromatic heterocycles. The molecule has 6 nitrogen and oxygen atoms in total. The van der Waals surface area contributed by atoms with Crippen LogP contribution in [0, 0.1) is 6.92 Å². The summed E-state index contributed by atoms with van der Waals surface area (Å²) in [6.45, 7) is 3.88. The number of aryl methyl sites for hydroxylation is 1. The molecule has 1 N–H and O–H groups in total. The summed E-state index contributed by atoms with van der Waals surface area (Å²) in [4.78, 5) is 25.6. The number of carbonyl (C=O) groups excluding carboxylic acids is 2. The first-order valence-corrected chi connectivity index (χ1v) is 8.87. The molecule has 0 aliphatic rings.